The molecule has 8 heteroatoms. The van der Waals surface area contributed by atoms with Gasteiger partial charge in [-0.3, -0.25) is 4.40 Å². The molecule has 0 atom stereocenters. The summed E-state index contributed by atoms with van der Waals surface area (Å²) in [6.45, 7) is 3.51. The van der Waals surface area contributed by atoms with E-state index >= 15 is 0 Å². The Morgan fingerprint density at radius 2 is 2.20 bits per heavy atom. The second-order valence-electron chi connectivity index (χ2n) is 4.05. The molecule has 0 unspecified atom stereocenters. The van der Waals surface area contributed by atoms with Crippen molar-refractivity contribution in [3.05, 3.63) is 29.6 Å². The lowest BCUT2D eigenvalue weighted by molar-refractivity contribution is 0.0528. The van der Waals surface area contributed by atoms with Crippen molar-refractivity contribution in [2.24, 2.45) is 0 Å². The number of imidazole rings is 1. The lowest BCUT2D eigenvalue weighted by atomic mass is 10.3. The number of hydrogen-bond donors (Lipinski definition) is 1. The molecule has 0 spiro atoms. The molecular formula is C12H15N3O4S. The average molecular weight is 297 g/mol. The minimum atomic E-state index is -3.67. The number of hydrogen-bond acceptors (Lipinski definition) is 5. The molecule has 2 aromatic rings. The average Bonchev–Trinajstić information content (AvgIpc) is 2.75. The van der Waals surface area contributed by atoms with Crippen molar-refractivity contribution in [3.63, 3.8) is 0 Å². The summed E-state index contributed by atoms with van der Waals surface area (Å²) in [6.07, 6.45) is 1.54. The Bertz CT molecular complexity index is 764. The number of nitrogens with zero attached hydrogens (tertiary/aromatic N) is 2. The number of pyridine rings is 1. The van der Waals surface area contributed by atoms with Crippen molar-refractivity contribution in [2.75, 3.05) is 13.7 Å². The molecule has 0 amide bonds. The van der Waals surface area contributed by atoms with Gasteiger partial charge in [0.1, 0.15) is 5.56 Å². The summed E-state index contributed by atoms with van der Waals surface area (Å²) in [5.74, 6) is -0.531. The van der Waals surface area contributed by atoms with Gasteiger partial charge in [0.25, 0.3) is 10.0 Å². The van der Waals surface area contributed by atoms with Crippen LogP contribution in [0.4, 0.5) is 0 Å². The number of aromatic nitrogens is 2. The maximum Gasteiger partial charge on any atom is 0.341 e. The molecule has 2 aromatic heterocycles. The monoisotopic (exact) mass is 297 g/mol. The summed E-state index contributed by atoms with van der Waals surface area (Å²) in [4.78, 5) is 16.0. The van der Waals surface area contributed by atoms with Gasteiger partial charge in [0.05, 0.1) is 12.3 Å². The Labute approximate surface area is 116 Å². The Hall–Kier alpha value is -1.93. The zero-order valence-corrected chi connectivity index (χ0v) is 12.2. The number of fused-ring (bicyclic) bond motifs is 1. The van der Waals surface area contributed by atoms with Gasteiger partial charge in [-0.1, -0.05) is 0 Å². The number of rotatable bonds is 4. The predicted molar refractivity (Wildman–Crippen MR) is 72.1 cm³/mol. The third-order valence-corrected chi connectivity index (χ3v) is 4.33. The van der Waals surface area contributed by atoms with Crippen molar-refractivity contribution >= 4 is 21.6 Å². The van der Waals surface area contributed by atoms with Crippen molar-refractivity contribution in [1.29, 1.82) is 0 Å². The van der Waals surface area contributed by atoms with Crippen LogP contribution >= 0.6 is 0 Å². The van der Waals surface area contributed by atoms with Gasteiger partial charge >= 0.3 is 5.97 Å². The minimum Gasteiger partial charge on any atom is -0.462 e. The van der Waals surface area contributed by atoms with E-state index in [2.05, 4.69) is 9.71 Å². The first-order chi connectivity index (χ1) is 9.42. The Morgan fingerprint density at radius 1 is 1.50 bits per heavy atom. The van der Waals surface area contributed by atoms with Crippen LogP contribution in [0.1, 0.15) is 23.0 Å². The lowest BCUT2D eigenvalue weighted by Crippen LogP contribution is -2.21. The molecule has 2 heterocycles. The van der Waals surface area contributed by atoms with Crippen LogP contribution in [0, 0.1) is 6.92 Å². The van der Waals surface area contributed by atoms with Gasteiger partial charge in [-0.25, -0.2) is 22.9 Å². The van der Waals surface area contributed by atoms with Crippen LogP contribution < -0.4 is 4.72 Å². The second kappa shape index (κ2) is 5.22. The van der Waals surface area contributed by atoms with Crippen LogP contribution in [-0.2, 0) is 14.8 Å². The minimum absolute atomic E-state index is 0.0150. The number of carbonyl (C=O) groups excluding carboxylic acids is 1. The molecule has 0 aliphatic heterocycles. The van der Waals surface area contributed by atoms with E-state index in [0.29, 0.717) is 5.69 Å². The highest BCUT2D eigenvalue weighted by Crippen LogP contribution is 2.20. The fourth-order valence-corrected chi connectivity index (χ4v) is 2.98. The van der Waals surface area contributed by atoms with Crippen LogP contribution in [-0.4, -0.2) is 37.4 Å². The van der Waals surface area contributed by atoms with Crippen molar-refractivity contribution < 1.29 is 17.9 Å². The molecule has 0 aliphatic carbocycles. The van der Waals surface area contributed by atoms with Crippen molar-refractivity contribution in [2.45, 2.75) is 18.9 Å². The summed E-state index contributed by atoms with van der Waals surface area (Å²) >= 11 is 0. The van der Waals surface area contributed by atoms with Crippen LogP contribution in [0.2, 0.25) is 0 Å². The third-order valence-electron chi connectivity index (χ3n) is 2.79. The quantitative estimate of drug-likeness (QED) is 0.840. The van der Waals surface area contributed by atoms with Gasteiger partial charge in [-0.2, -0.15) is 0 Å². The van der Waals surface area contributed by atoms with Gasteiger partial charge in [0.15, 0.2) is 10.7 Å². The van der Waals surface area contributed by atoms with Gasteiger partial charge in [-0.15, -0.1) is 0 Å². The topological polar surface area (TPSA) is 89.8 Å². The van der Waals surface area contributed by atoms with E-state index < -0.39 is 16.0 Å². The lowest BCUT2D eigenvalue weighted by Gasteiger charge is -2.05. The van der Waals surface area contributed by atoms with E-state index in [4.69, 9.17) is 4.74 Å². The summed E-state index contributed by atoms with van der Waals surface area (Å²) in [5.41, 5.74) is 0.809. The molecule has 0 aliphatic rings. The molecule has 0 radical (unpaired) electrons. The van der Waals surface area contributed by atoms with Gasteiger partial charge in [0, 0.05) is 6.20 Å². The SMILES string of the molecule is CCOC(=O)c1cccn2c(S(=O)(=O)NC)c(C)nc12. The molecule has 0 saturated heterocycles. The molecule has 20 heavy (non-hydrogen) atoms. The largest absolute Gasteiger partial charge is 0.462 e. The van der Waals surface area contributed by atoms with E-state index in [9.17, 15) is 13.2 Å². The van der Waals surface area contributed by atoms with Crippen LogP contribution in [0.5, 0.6) is 0 Å². The van der Waals surface area contributed by atoms with E-state index in [1.807, 2.05) is 0 Å². The zero-order valence-electron chi connectivity index (χ0n) is 11.4. The first-order valence-corrected chi connectivity index (χ1v) is 7.49. The maximum atomic E-state index is 12.0. The standard InChI is InChI=1S/C12H15N3O4S/c1-4-19-12(16)9-6-5-7-15-10(9)14-8(2)11(15)20(17,18)13-3/h5-7,13H,4H2,1-3H3. The van der Waals surface area contributed by atoms with Gasteiger partial charge in [0.2, 0.25) is 0 Å². The molecule has 0 fully saturated rings. The summed E-state index contributed by atoms with van der Waals surface area (Å²) in [7, 11) is -2.35. The molecule has 1 N–H and O–H groups in total. The molecular weight excluding hydrogens is 282 g/mol. The first-order valence-electron chi connectivity index (χ1n) is 6.00. The van der Waals surface area contributed by atoms with Crippen LogP contribution in [0.15, 0.2) is 23.4 Å². The Balaban J connectivity index is 2.75. The highest BCUT2D eigenvalue weighted by atomic mass is 32.2. The maximum absolute atomic E-state index is 12.0. The van der Waals surface area contributed by atoms with E-state index in [1.165, 1.54) is 11.4 Å². The molecule has 2 rings (SSSR count). The number of sulfonamides is 1. The highest BCUT2D eigenvalue weighted by Gasteiger charge is 2.24. The van der Waals surface area contributed by atoms with E-state index in [-0.39, 0.29) is 22.8 Å². The molecule has 0 saturated carbocycles. The van der Waals surface area contributed by atoms with E-state index in [0.717, 1.165) is 0 Å². The zero-order chi connectivity index (χ0) is 14.9. The number of nitrogens with one attached hydrogen (secondary N) is 1. The third kappa shape index (κ3) is 2.27. The summed E-state index contributed by atoms with van der Waals surface area (Å²) < 4.78 is 32.6. The second-order valence-corrected chi connectivity index (χ2v) is 5.85. The highest BCUT2D eigenvalue weighted by molar-refractivity contribution is 7.89. The number of carbonyl (C=O) groups is 1. The van der Waals surface area contributed by atoms with E-state index in [1.54, 1.807) is 32.2 Å². The molecule has 0 bridgehead atoms. The van der Waals surface area contributed by atoms with Crippen LogP contribution in [0.3, 0.4) is 0 Å². The first kappa shape index (κ1) is 14.5. The van der Waals surface area contributed by atoms with Gasteiger partial charge < -0.3 is 4.74 Å². The number of esters is 1. The summed E-state index contributed by atoms with van der Waals surface area (Å²) in [5, 5.41) is 0.0150. The summed E-state index contributed by atoms with van der Waals surface area (Å²) in [6, 6.07) is 3.13. The fraction of sp³-hybridized carbons (Fsp3) is 0.333. The molecule has 7 nitrogen and oxygen atoms in total. The molecule has 108 valence electrons. The Kier molecular flexibility index (Phi) is 3.78. The van der Waals surface area contributed by atoms with Crippen molar-refractivity contribution in [1.82, 2.24) is 14.1 Å². The van der Waals surface area contributed by atoms with Crippen LogP contribution in [0.25, 0.3) is 5.65 Å². The fourth-order valence-electron chi connectivity index (χ4n) is 1.95. The Morgan fingerprint density at radius 3 is 2.80 bits per heavy atom. The smallest absolute Gasteiger partial charge is 0.341 e. The molecule has 0 aromatic carbocycles. The number of aryl methyl sites for hydroxylation is 1. The normalized spacial score (nSPS) is 11.8. The predicted octanol–water partition coefficient (Wildman–Crippen LogP) is 0.728. The van der Waals surface area contributed by atoms with Crippen molar-refractivity contribution in [3.8, 4) is 0 Å². The number of ether oxygens (including phenoxy) is 1. The van der Waals surface area contributed by atoms with Gasteiger partial charge in [-0.05, 0) is 33.0 Å².